The molecule has 0 bridgehead atoms. The maximum atomic E-state index is 11.9. The van der Waals surface area contributed by atoms with Crippen LogP contribution in [-0.2, 0) is 16.0 Å². The average Bonchev–Trinajstić information content (AvgIpc) is 2.29. The average molecular weight is 305 g/mol. The first-order valence-electron chi connectivity index (χ1n) is 4.58. The Morgan fingerprint density at radius 3 is 2.15 bits per heavy atom. The predicted molar refractivity (Wildman–Crippen MR) is 56.9 cm³/mol. The van der Waals surface area contributed by atoms with Crippen molar-refractivity contribution in [2.45, 2.75) is 6.36 Å². The third kappa shape index (κ3) is 5.42. The van der Waals surface area contributed by atoms with Crippen LogP contribution in [0.3, 0.4) is 0 Å². The Kier molecular flexibility index (Phi) is 7.08. The molecule has 11 heteroatoms. The standard InChI is InChI=1S/C9H8F3NO5S.Li/c1-17-8(14)13(19(15)16)6-2-4-7(5-3-6)18-9(10,11)12;/h2-5H,1H3,(H,15,16);/q;+1/p-1. The molecule has 1 atom stereocenters. The fourth-order valence-electron chi connectivity index (χ4n) is 1.12. The molecular formula is C9H7F3LiNO5S. The van der Waals surface area contributed by atoms with Gasteiger partial charge in [-0.15, -0.1) is 13.2 Å². The van der Waals surface area contributed by atoms with Crippen molar-refractivity contribution >= 4 is 23.0 Å². The Bertz CT molecular complexity index is 481. The second-order valence-corrected chi connectivity index (χ2v) is 3.82. The molecule has 0 fully saturated rings. The molecule has 0 aliphatic rings. The summed E-state index contributed by atoms with van der Waals surface area (Å²) >= 11 is -2.96. The number of rotatable bonds is 3. The summed E-state index contributed by atoms with van der Waals surface area (Å²) in [4.78, 5) is 11.2. The zero-order valence-electron chi connectivity index (χ0n) is 10.3. The van der Waals surface area contributed by atoms with Gasteiger partial charge in [-0.25, -0.2) is 9.10 Å². The SMILES string of the molecule is COC(=O)N(c1ccc(OC(F)(F)F)cc1)S(=O)[O-].[Li+]. The van der Waals surface area contributed by atoms with Crippen LogP contribution >= 0.6 is 0 Å². The molecule has 1 amide bonds. The maximum absolute atomic E-state index is 11.9. The van der Waals surface area contributed by atoms with E-state index in [1.807, 2.05) is 0 Å². The number of methoxy groups -OCH3 is 1. The summed E-state index contributed by atoms with van der Waals surface area (Å²) in [5.74, 6) is -0.544. The van der Waals surface area contributed by atoms with Crippen LogP contribution < -0.4 is 27.9 Å². The van der Waals surface area contributed by atoms with Gasteiger partial charge in [0.15, 0.2) is 0 Å². The van der Waals surface area contributed by atoms with Gasteiger partial charge in [0.1, 0.15) is 5.75 Å². The largest absolute Gasteiger partial charge is 1.00 e. The number of carbonyl (C=O) groups is 1. The molecule has 1 unspecified atom stereocenters. The minimum atomic E-state index is -4.86. The van der Waals surface area contributed by atoms with Crippen molar-refractivity contribution in [3.05, 3.63) is 24.3 Å². The molecule has 0 radical (unpaired) electrons. The molecule has 1 aromatic carbocycles. The molecule has 0 N–H and O–H groups in total. The molecule has 106 valence electrons. The van der Waals surface area contributed by atoms with Gasteiger partial charge in [-0.1, -0.05) is 0 Å². The number of anilines is 1. The molecule has 0 aromatic heterocycles. The molecule has 0 heterocycles. The second-order valence-electron chi connectivity index (χ2n) is 3.02. The van der Waals surface area contributed by atoms with Gasteiger partial charge in [0, 0.05) is 0 Å². The van der Waals surface area contributed by atoms with Gasteiger partial charge in [-0.3, -0.25) is 4.21 Å². The van der Waals surface area contributed by atoms with Crippen molar-refractivity contribution in [1.82, 2.24) is 0 Å². The van der Waals surface area contributed by atoms with Crippen molar-refractivity contribution < 1.29 is 55.1 Å². The van der Waals surface area contributed by atoms with Crippen molar-refractivity contribution in [3.63, 3.8) is 0 Å². The van der Waals surface area contributed by atoms with E-state index in [0.717, 1.165) is 31.4 Å². The van der Waals surface area contributed by atoms with Gasteiger partial charge >= 0.3 is 31.3 Å². The van der Waals surface area contributed by atoms with Gasteiger partial charge in [-0.05, 0) is 24.3 Å². The zero-order chi connectivity index (χ0) is 14.6. The number of carbonyl (C=O) groups excluding carboxylic acids is 1. The number of benzene rings is 1. The first-order chi connectivity index (χ1) is 8.74. The Morgan fingerprint density at radius 2 is 1.80 bits per heavy atom. The van der Waals surface area contributed by atoms with Crippen LogP contribution in [0.25, 0.3) is 0 Å². The summed E-state index contributed by atoms with van der Waals surface area (Å²) in [7, 11) is 0.962. The summed E-state index contributed by atoms with van der Waals surface area (Å²) < 4.78 is 65.4. The third-order valence-electron chi connectivity index (χ3n) is 1.79. The summed E-state index contributed by atoms with van der Waals surface area (Å²) in [6.07, 6.45) is -6.05. The third-order valence-corrected chi connectivity index (χ3v) is 2.45. The van der Waals surface area contributed by atoms with Crippen molar-refractivity contribution in [2.24, 2.45) is 0 Å². The second kappa shape index (κ2) is 7.54. The van der Waals surface area contributed by atoms with E-state index < -0.39 is 29.5 Å². The Labute approximate surface area is 126 Å². The molecule has 6 nitrogen and oxygen atoms in total. The number of halogens is 3. The van der Waals surface area contributed by atoms with Crippen LogP contribution in [0.4, 0.5) is 23.7 Å². The quantitative estimate of drug-likeness (QED) is 0.526. The van der Waals surface area contributed by atoms with Gasteiger partial charge < -0.3 is 14.0 Å². The fourth-order valence-corrected chi connectivity index (χ4v) is 1.61. The van der Waals surface area contributed by atoms with Crippen LogP contribution in [0.15, 0.2) is 24.3 Å². The smallest absolute Gasteiger partial charge is 0.755 e. The minimum Gasteiger partial charge on any atom is -0.755 e. The van der Waals surface area contributed by atoms with E-state index in [2.05, 4.69) is 9.47 Å². The number of ether oxygens (including phenoxy) is 2. The van der Waals surface area contributed by atoms with E-state index in [-0.39, 0.29) is 28.9 Å². The first kappa shape index (κ1) is 18.8. The molecule has 0 spiro atoms. The Hall–Kier alpha value is -1.21. The number of hydrogen-bond donors (Lipinski definition) is 0. The predicted octanol–water partition coefficient (Wildman–Crippen LogP) is -1.04. The van der Waals surface area contributed by atoms with E-state index >= 15 is 0 Å². The van der Waals surface area contributed by atoms with E-state index in [0.29, 0.717) is 0 Å². The minimum absolute atomic E-state index is 0. The zero-order valence-corrected chi connectivity index (χ0v) is 11.2. The summed E-state index contributed by atoms with van der Waals surface area (Å²) in [6, 6.07) is 3.67. The molecule has 0 saturated heterocycles. The maximum Gasteiger partial charge on any atom is 1.00 e. The van der Waals surface area contributed by atoms with Crippen molar-refractivity contribution in [3.8, 4) is 5.75 Å². The van der Waals surface area contributed by atoms with Gasteiger partial charge in [0.25, 0.3) is 0 Å². The topological polar surface area (TPSA) is 78.9 Å². The molecule has 1 rings (SSSR count). The van der Waals surface area contributed by atoms with Gasteiger partial charge in [-0.2, -0.15) is 0 Å². The Balaban J connectivity index is 0.00000361. The number of hydrogen-bond acceptors (Lipinski definition) is 5. The van der Waals surface area contributed by atoms with Crippen LogP contribution in [0.1, 0.15) is 0 Å². The summed E-state index contributed by atoms with van der Waals surface area (Å²) in [5, 5.41) is 0. The molecule has 0 aliphatic heterocycles. The van der Waals surface area contributed by atoms with E-state index in [1.165, 1.54) is 0 Å². The molecule has 1 aromatic rings. The summed E-state index contributed by atoms with van der Waals surface area (Å²) in [6.45, 7) is 0. The van der Waals surface area contributed by atoms with Crippen LogP contribution in [-0.4, -0.2) is 28.3 Å². The van der Waals surface area contributed by atoms with Crippen LogP contribution in [0.5, 0.6) is 5.75 Å². The first-order valence-corrected chi connectivity index (χ1v) is 5.61. The van der Waals surface area contributed by atoms with Gasteiger partial charge in [0.05, 0.1) is 24.1 Å². The van der Waals surface area contributed by atoms with Gasteiger partial charge in [0.2, 0.25) is 0 Å². The van der Waals surface area contributed by atoms with E-state index in [9.17, 15) is 26.7 Å². The van der Waals surface area contributed by atoms with Crippen LogP contribution in [0, 0.1) is 0 Å². The van der Waals surface area contributed by atoms with Crippen molar-refractivity contribution in [1.29, 1.82) is 0 Å². The monoisotopic (exact) mass is 305 g/mol. The summed E-state index contributed by atoms with van der Waals surface area (Å²) in [5.41, 5.74) is -0.185. The van der Waals surface area contributed by atoms with E-state index in [4.69, 9.17) is 0 Å². The Morgan fingerprint density at radius 1 is 1.30 bits per heavy atom. The molecule has 20 heavy (non-hydrogen) atoms. The number of amides is 1. The van der Waals surface area contributed by atoms with Crippen molar-refractivity contribution in [2.75, 3.05) is 11.4 Å². The number of alkyl halides is 3. The molecular weight excluding hydrogens is 298 g/mol. The fraction of sp³-hybridized carbons (Fsp3) is 0.222. The molecule has 0 aliphatic carbocycles. The molecule has 0 saturated carbocycles. The normalized spacial score (nSPS) is 12.1. The number of nitrogens with zero attached hydrogens (tertiary/aromatic N) is 1. The van der Waals surface area contributed by atoms with Crippen LogP contribution in [0.2, 0.25) is 0 Å². The van der Waals surface area contributed by atoms with E-state index in [1.54, 1.807) is 0 Å².